The van der Waals surface area contributed by atoms with Gasteiger partial charge in [0, 0.05) is 17.2 Å². The standard InChI is InChI=1S/C12H9ClN2O3/c1-7-4-9(14-18-7)6-15-10-3-2-8(13)5-11(10)17-12(15)16/h2-5H,6H2,1H3. The van der Waals surface area contributed by atoms with E-state index in [1.165, 1.54) is 4.57 Å². The second-order valence-corrected chi connectivity index (χ2v) is 4.43. The third kappa shape index (κ3) is 1.82. The quantitative estimate of drug-likeness (QED) is 0.714. The maximum absolute atomic E-state index is 11.8. The van der Waals surface area contributed by atoms with Crippen LogP contribution in [-0.2, 0) is 6.54 Å². The molecular formula is C12H9ClN2O3. The number of oxazole rings is 1. The van der Waals surface area contributed by atoms with E-state index in [2.05, 4.69) is 5.16 Å². The average molecular weight is 265 g/mol. The van der Waals surface area contributed by atoms with E-state index in [-0.39, 0.29) is 0 Å². The molecule has 0 fully saturated rings. The van der Waals surface area contributed by atoms with Crippen LogP contribution in [0.25, 0.3) is 11.1 Å². The first kappa shape index (κ1) is 11.1. The molecule has 6 heteroatoms. The van der Waals surface area contributed by atoms with Crippen LogP contribution < -0.4 is 5.76 Å². The van der Waals surface area contributed by atoms with E-state index in [4.69, 9.17) is 20.5 Å². The minimum Gasteiger partial charge on any atom is -0.408 e. The normalized spacial score (nSPS) is 11.2. The van der Waals surface area contributed by atoms with Gasteiger partial charge in [-0.3, -0.25) is 4.57 Å². The monoisotopic (exact) mass is 264 g/mol. The molecular weight excluding hydrogens is 256 g/mol. The summed E-state index contributed by atoms with van der Waals surface area (Å²) in [5, 5.41) is 4.38. The first-order valence-corrected chi connectivity index (χ1v) is 5.72. The van der Waals surface area contributed by atoms with Crippen LogP contribution in [0.3, 0.4) is 0 Å². The molecule has 18 heavy (non-hydrogen) atoms. The third-order valence-corrected chi connectivity index (χ3v) is 2.86. The van der Waals surface area contributed by atoms with Crippen molar-refractivity contribution in [3.63, 3.8) is 0 Å². The molecule has 0 N–H and O–H groups in total. The zero-order chi connectivity index (χ0) is 12.7. The molecule has 0 bridgehead atoms. The van der Waals surface area contributed by atoms with Crippen LogP contribution in [0.2, 0.25) is 5.02 Å². The number of aryl methyl sites for hydroxylation is 1. The van der Waals surface area contributed by atoms with Gasteiger partial charge in [0.15, 0.2) is 5.58 Å². The number of fused-ring (bicyclic) bond motifs is 1. The third-order valence-electron chi connectivity index (χ3n) is 2.63. The predicted molar refractivity (Wildman–Crippen MR) is 65.8 cm³/mol. The summed E-state index contributed by atoms with van der Waals surface area (Å²) >= 11 is 5.85. The fraction of sp³-hybridized carbons (Fsp3) is 0.167. The van der Waals surface area contributed by atoms with Crippen molar-refractivity contribution in [1.29, 1.82) is 0 Å². The molecule has 0 unspecified atom stereocenters. The molecule has 0 saturated heterocycles. The molecule has 0 atom stereocenters. The molecule has 5 nitrogen and oxygen atoms in total. The van der Waals surface area contributed by atoms with Gasteiger partial charge in [0.25, 0.3) is 0 Å². The van der Waals surface area contributed by atoms with Crippen LogP contribution >= 0.6 is 11.6 Å². The van der Waals surface area contributed by atoms with Gasteiger partial charge in [-0.2, -0.15) is 0 Å². The van der Waals surface area contributed by atoms with Crippen LogP contribution in [0.4, 0.5) is 0 Å². The summed E-state index contributed by atoms with van der Waals surface area (Å²) in [5.74, 6) is 0.266. The van der Waals surface area contributed by atoms with Crippen molar-refractivity contribution in [3.8, 4) is 0 Å². The second-order valence-electron chi connectivity index (χ2n) is 4.00. The van der Waals surface area contributed by atoms with E-state index in [9.17, 15) is 4.79 Å². The lowest BCUT2D eigenvalue weighted by atomic mass is 10.3. The Labute approximate surface area is 107 Å². The van der Waals surface area contributed by atoms with Crippen LogP contribution in [0.5, 0.6) is 0 Å². The second kappa shape index (κ2) is 4.03. The Hall–Kier alpha value is -2.01. The molecule has 0 aliphatic rings. The molecule has 2 heterocycles. The summed E-state index contributed by atoms with van der Waals surface area (Å²) in [4.78, 5) is 11.8. The van der Waals surface area contributed by atoms with Gasteiger partial charge in [-0.15, -0.1) is 0 Å². The Morgan fingerprint density at radius 1 is 1.39 bits per heavy atom. The highest BCUT2D eigenvalue weighted by atomic mass is 35.5. The van der Waals surface area contributed by atoms with Crippen LogP contribution in [0.15, 0.2) is 38.0 Å². The number of nitrogens with zero attached hydrogens (tertiary/aromatic N) is 2. The maximum atomic E-state index is 11.8. The van der Waals surface area contributed by atoms with E-state index < -0.39 is 5.76 Å². The minimum absolute atomic E-state index is 0.310. The van der Waals surface area contributed by atoms with Gasteiger partial charge >= 0.3 is 5.76 Å². The summed E-state index contributed by atoms with van der Waals surface area (Å²) in [6.45, 7) is 2.11. The Morgan fingerprint density at radius 2 is 2.22 bits per heavy atom. The highest BCUT2D eigenvalue weighted by Gasteiger charge is 2.11. The Kier molecular flexibility index (Phi) is 2.48. The van der Waals surface area contributed by atoms with Crippen LogP contribution in [0, 0.1) is 6.92 Å². The summed E-state index contributed by atoms with van der Waals surface area (Å²) < 4.78 is 11.6. The predicted octanol–water partition coefficient (Wildman–Crippen LogP) is 2.59. The van der Waals surface area contributed by atoms with Gasteiger partial charge in [0.2, 0.25) is 0 Å². The molecule has 0 aliphatic carbocycles. The number of halogens is 1. The number of aromatic nitrogens is 2. The molecule has 3 aromatic rings. The molecule has 3 rings (SSSR count). The fourth-order valence-corrected chi connectivity index (χ4v) is 2.01. The lowest BCUT2D eigenvalue weighted by Crippen LogP contribution is -2.14. The molecule has 0 spiro atoms. The Balaban J connectivity index is 2.11. The zero-order valence-electron chi connectivity index (χ0n) is 9.51. The molecule has 0 aliphatic heterocycles. The minimum atomic E-state index is -0.437. The fourth-order valence-electron chi connectivity index (χ4n) is 1.84. The van der Waals surface area contributed by atoms with Crippen molar-refractivity contribution >= 4 is 22.7 Å². The lowest BCUT2D eigenvalue weighted by molar-refractivity contribution is 0.388. The van der Waals surface area contributed by atoms with E-state index in [1.54, 1.807) is 31.2 Å². The molecule has 1 aromatic carbocycles. The van der Waals surface area contributed by atoms with Crippen LogP contribution in [-0.4, -0.2) is 9.72 Å². The number of benzene rings is 1. The molecule has 2 aromatic heterocycles. The highest BCUT2D eigenvalue weighted by molar-refractivity contribution is 6.31. The topological polar surface area (TPSA) is 61.2 Å². The van der Waals surface area contributed by atoms with E-state index >= 15 is 0 Å². The number of rotatable bonds is 2. The van der Waals surface area contributed by atoms with Gasteiger partial charge in [0.05, 0.1) is 12.1 Å². The van der Waals surface area contributed by atoms with Crippen molar-refractivity contribution in [2.24, 2.45) is 0 Å². The summed E-state index contributed by atoms with van der Waals surface area (Å²) in [7, 11) is 0. The highest BCUT2D eigenvalue weighted by Crippen LogP contribution is 2.19. The molecule has 92 valence electrons. The van der Waals surface area contributed by atoms with E-state index in [0.29, 0.717) is 34.1 Å². The Morgan fingerprint density at radius 3 is 2.94 bits per heavy atom. The molecule has 0 saturated carbocycles. The number of hydrogen-bond donors (Lipinski definition) is 0. The molecule has 0 radical (unpaired) electrons. The largest absolute Gasteiger partial charge is 0.420 e. The van der Waals surface area contributed by atoms with E-state index in [0.717, 1.165) is 0 Å². The van der Waals surface area contributed by atoms with E-state index in [1.807, 2.05) is 0 Å². The average Bonchev–Trinajstić information content (AvgIpc) is 2.84. The number of hydrogen-bond acceptors (Lipinski definition) is 4. The summed E-state index contributed by atoms with van der Waals surface area (Å²) in [6.07, 6.45) is 0. The van der Waals surface area contributed by atoms with Crippen molar-refractivity contribution < 1.29 is 8.94 Å². The van der Waals surface area contributed by atoms with Crippen molar-refractivity contribution in [3.05, 3.63) is 51.3 Å². The smallest absolute Gasteiger partial charge is 0.408 e. The van der Waals surface area contributed by atoms with Crippen molar-refractivity contribution in [2.45, 2.75) is 13.5 Å². The SMILES string of the molecule is Cc1cc(Cn2c(=O)oc3cc(Cl)ccc32)no1. The van der Waals surface area contributed by atoms with Gasteiger partial charge < -0.3 is 8.94 Å². The van der Waals surface area contributed by atoms with Crippen molar-refractivity contribution in [2.75, 3.05) is 0 Å². The zero-order valence-corrected chi connectivity index (χ0v) is 10.3. The first-order chi connectivity index (χ1) is 8.63. The first-order valence-electron chi connectivity index (χ1n) is 5.34. The van der Waals surface area contributed by atoms with Crippen molar-refractivity contribution in [1.82, 2.24) is 9.72 Å². The van der Waals surface area contributed by atoms with Gasteiger partial charge in [-0.1, -0.05) is 16.8 Å². The van der Waals surface area contributed by atoms with Gasteiger partial charge in [0.1, 0.15) is 11.5 Å². The van der Waals surface area contributed by atoms with Gasteiger partial charge in [-0.25, -0.2) is 4.79 Å². The van der Waals surface area contributed by atoms with Crippen LogP contribution in [0.1, 0.15) is 11.5 Å². The summed E-state index contributed by atoms with van der Waals surface area (Å²) in [5.41, 5.74) is 1.82. The maximum Gasteiger partial charge on any atom is 0.420 e. The summed E-state index contributed by atoms with van der Waals surface area (Å²) in [6, 6.07) is 6.85. The molecule has 0 amide bonds. The Bertz CT molecular complexity index is 769. The van der Waals surface area contributed by atoms with Gasteiger partial charge in [-0.05, 0) is 19.1 Å². The lowest BCUT2D eigenvalue weighted by Gasteiger charge is -1.97.